The lowest BCUT2D eigenvalue weighted by molar-refractivity contribution is -0.385. The molecule has 0 aromatic carbocycles. The zero-order valence-corrected chi connectivity index (χ0v) is 14.6. The summed E-state index contributed by atoms with van der Waals surface area (Å²) in [5.41, 5.74) is -0.529. The smallest absolute Gasteiger partial charge is 0.407 e. The quantitative estimate of drug-likeness (QED) is 0.447. The normalized spacial score (nSPS) is 11.3. The first-order chi connectivity index (χ1) is 10.2. The van der Waals surface area contributed by atoms with Crippen molar-refractivity contribution in [2.75, 3.05) is 6.54 Å². The van der Waals surface area contributed by atoms with Crippen LogP contribution in [0.3, 0.4) is 0 Å². The molecule has 0 aliphatic rings. The zero-order chi connectivity index (χ0) is 16.8. The Morgan fingerprint density at radius 3 is 2.68 bits per heavy atom. The summed E-state index contributed by atoms with van der Waals surface area (Å²) in [5, 5.41) is 17.4. The summed E-state index contributed by atoms with van der Waals surface area (Å²) in [7, 11) is 0. The lowest BCUT2D eigenvalue weighted by Gasteiger charge is -2.19. The van der Waals surface area contributed by atoms with Crippen LogP contribution in [0.2, 0.25) is 0 Å². The van der Waals surface area contributed by atoms with Gasteiger partial charge in [0.25, 0.3) is 0 Å². The largest absolute Gasteiger partial charge is 0.444 e. The van der Waals surface area contributed by atoms with Crippen molar-refractivity contribution in [1.29, 1.82) is 0 Å². The van der Waals surface area contributed by atoms with Crippen molar-refractivity contribution >= 4 is 27.7 Å². The zero-order valence-electron chi connectivity index (χ0n) is 13.0. The van der Waals surface area contributed by atoms with Crippen LogP contribution in [-0.4, -0.2) is 32.9 Å². The van der Waals surface area contributed by atoms with Crippen LogP contribution in [-0.2, 0) is 11.3 Å². The van der Waals surface area contributed by atoms with Crippen LogP contribution in [0.1, 0.15) is 40.0 Å². The van der Waals surface area contributed by atoms with Gasteiger partial charge in [0, 0.05) is 13.1 Å². The minimum atomic E-state index is -0.494. The number of hydrogen-bond donors (Lipinski definition) is 1. The third-order valence-corrected chi connectivity index (χ3v) is 3.19. The number of alkyl carbamates (subject to hydrolysis) is 1. The van der Waals surface area contributed by atoms with Crippen molar-refractivity contribution in [1.82, 2.24) is 15.1 Å². The predicted octanol–water partition coefficient (Wildman–Crippen LogP) is 3.25. The molecule has 0 bridgehead atoms. The predicted molar refractivity (Wildman–Crippen MR) is 84.7 cm³/mol. The average Bonchev–Trinajstić information content (AvgIpc) is 2.73. The number of ether oxygens (including phenoxy) is 1. The molecule has 1 rings (SSSR count). The number of unbranched alkanes of at least 4 members (excludes halogenated alkanes) is 2. The molecule has 0 fully saturated rings. The summed E-state index contributed by atoms with van der Waals surface area (Å²) >= 11 is 3.06. The minimum Gasteiger partial charge on any atom is -0.444 e. The number of carbonyl (C=O) groups excluding carboxylic acids is 1. The van der Waals surface area contributed by atoms with E-state index in [1.807, 2.05) is 20.8 Å². The molecular formula is C13H21BrN4O4. The monoisotopic (exact) mass is 376 g/mol. The van der Waals surface area contributed by atoms with Crippen LogP contribution < -0.4 is 5.32 Å². The van der Waals surface area contributed by atoms with Crippen molar-refractivity contribution in [3.63, 3.8) is 0 Å². The van der Waals surface area contributed by atoms with Gasteiger partial charge < -0.3 is 10.1 Å². The van der Waals surface area contributed by atoms with Gasteiger partial charge in [0.05, 0.1) is 4.92 Å². The van der Waals surface area contributed by atoms with Crippen LogP contribution in [0.15, 0.2) is 10.8 Å². The van der Waals surface area contributed by atoms with Crippen molar-refractivity contribution in [2.45, 2.75) is 52.2 Å². The van der Waals surface area contributed by atoms with Gasteiger partial charge in [0.15, 0.2) is 0 Å². The number of halogens is 1. The van der Waals surface area contributed by atoms with Crippen molar-refractivity contribution < 1.29 is 14.5 Å². The van der Waals surface area contributed by atoms with Gasteiger partial charge in [0.1, 0.15) is 11.8 Å². The van der Waals surface area contributed by atoms with Gasteiger partial charge in [-0.15, -0.1) is 0 Å². The van der Waals surface area contributed by atoms with Gasteiger partial charge in [-0.25, -0.2) is 4.79 Å². The molecule has 1 amide bonds. The Morgan fingerprint density at radius 2 is 2.14 bits per heavy atom. The van der Waals surface area contributed by atoms with Crippen LogP contribution in [0.5, 0.6) is 0 Å². The molecule has 0 aliphatic carbocycles. The standard InChI is InChI=1S/C13H21BrN4O4/c1-13(2,3)22-12(19)15-7-5-4-6-8-17-9-10(18(20)21)11(14)16-17/h9H,4-8H2,1-3H3,(H,15,19). The van der Waals surface area contributed by atoms with Gasteiger partial charge in [-0.1, -0.05) is 0 Å². The van der Waals surface area contributed by atoms with Gasteiger partial charge in [-0.05, 0) is 56.0 Å². The van der Waals surface area contributed by atoms with Gasteiger partial charge >= 0.3 is 11.8 Å². The number of amides is 1. The molecule has 0 radical (unpaired) electrons. The van der Waals surface area contributed by atoms with Crippen molar-refractivity contribution in [3.05, 3.63) is 20.9 Å². The third kappa shape index (κ3) is 6.88. The van der Waals surface area contributed by atoms with Gasteiger partial charge in [0.2, 0.25) is 4.60 Å². The SMILES string of the molecule is CC(C)(C)OC(=O)NCCCCCn1cc([N+](=O)[O-])c(Br)n1. The van der Waals surface area contributed by atoms with Crippen LogP contribution in [0, 0.1) is 10.1 Å². The summed E-state index contributed by atoms with van der Waals surface area (Å²) in [6.45, 7) is 6.58. The molecule has 22 heavy (non-hydrogen) atoms. The molecule has 9 heteroatoms. The summed E-state index contributed by atoms with van der Waals surface area (Å²) in [5.74, 6) is 0. The molecule has 8 nitrogen and oxygen atoms in total. The molecule has 0 saturated heterocycles. The fraction of sp³-hybridized carbons (Fsp3) is 0.692. The Morgan fingerprint density at radius 1 is 1.45 bits per heavy atom. The van der Waals surface area contributed by atoms with E-state index in [1.54, 1.807) is 4.68 Å². The summed E-state index contributed by atoms with van der Waals surface area (Å²) in [4.78, 5) is 21.6. The van der Waals surface area contributed by atoms with E-state index in [2.05, 4.69) is 26.3 Å². The maximum Gasteiger partial charge on any atom is 0.407 e. The molecule has 1 heterocycles. The van der Waals surface area contributed by atoms with E-state index in [0.29, 0.717) is 13.1 Å². The molecular weight excluding hydrogens is 356 g/mol. The molecule has 0 saturated carbocycles. The maximum absolute atomic E-state index is 11.4. The van der Waals surface area contributed by atoms with E-state index in [1.165, 1.54) is 6.20 Å². The number of aryl methyl sites for hydroxylation is 1. The number of rotatable bonds is 7. The van der Waals surface area contributed by atoms with E-state index < -0.39 is 16.6 Å². The highest BCUT2D eigenvalue weighted by atomic mass is 79.9. The molecule has 0 aliphatic heterocycles. The fourth-order valence-electron chi connectivity index (χ4n) is 1.70. The number of aromatic nitrogens is 2. The highest BCUT2D eigenvalue weighted by Gasteiger charge is 2.17. The Hall–Kier alpha value is -1.64. The van der Waals surface area contributed by atoms with E-state index in [4.69, 9.17) is 4.74 Å². The van der Waals surface area contributed by atoms with Gasteiger partial charge in [-0.2, -0.15) is 5.10 Å². The number of nitrogens with zero attached hydrogens (tertiary/aromatic N) is 3. The molecule has 1 aromatic rings. The maximum atomic E-state index is 11.4. The topological polar surface area (TPSA) is 99.3 Å². The van der Waals surface area contributed by atoms with E-state index in [0.717, 1.165) is 19.3 Å². The summed E-state index contributed by atoms with van der Waals surface area (Å²) in [6, 6.07) is 0. The van der Waals surface area contributed by atoms with Crippen LogP contribution >= 0.6 is 15.9 Å². The van der Waals surface area contributed by atoms with E-state index in [-0.39, 0.29) is 10.3 Å². The number of hydrogen-bond acceptors (Lipinski definition) is 5. The number of nitrogens with one attached hydrogen (secondary N) is 1. The first-order valence-corrected chi connectivity index (χ1v) is 7.82. The first kappa shape index (κ1) is 18.4. The van der Waals surface area contributed by atoms with Crippen LogP contribution in [0.4, 0.5) is 10.5 Å². The molecule has 1 aromatic heterocycles. The molecule has 0 atom stereocenters. The van der Waals surface area contributed by atoms with Crippen molar-refractivity contribution in [3.8, 4) is 0 Å². The van der Waals surface area contributed by atoms with Crippen LogP contribution in [0.25, 0.3) is 0 Å². The lowest BCUT2D eigenvalue weighted by atomic mass is 10.2. The Balaban J connectivity index is 2.17. The van der Waals surface area contributed by atoms with E-state index >= 15 is 0 Å². The van der Waals surface area contributed by atoms with Crippen molar-refractivity contribution in [2.24, 2.45) is 0 Å². The average molecular weight is 377 g/mol. The first-order valence-electron chi connectivity index (χ1n) is 7.03. The minimum absolute atomic E-state index is 0.0356. The lowest BCUT2D eigenvalue weighted by Crippen LogP contribution is -2.33. The molecule has 0 unspecified atom stereocenters. The Labute approximate surface area is 137 Å². The molecule has 1 N–H and O–H groups in total. The second kappa shape index (κ2) is 8.11. The highest BCUT2D eigenvalue weighted by molar-refractivity contribution is 9.10. The Bertz CT molecular complexity index is 525. The van der Waals surface area contributed by atoms with E-state index in [9.17, 15) is 14.9 Å². The highest BCUT2D eigenvalue weighted by Crippen LogP contribution is 2.22. The summed E-state index contributed by atoms with van der Waals surface area (Å²) < 4.78 is 6.90. The Kier molecular flexibility index (Phi) is 6.79. The summed E-state index contributed by atoms with van der Waals surface area (Å²) in [6.07, 6.45) is 3.49. The second-order valence-electron chi connectivity index (χ2n) is 5.81. The molecule has 124 valence electrons. The second-order valence-corrected chi connectivity index (χ2v) is 6.57. The number of carbonyl (C=O) groups is 1. The molecule has 0 spiro atoms. The number of nitro groups is 1. The van der Waals surface area contributed by atoms with Gasteiger partial charge in [-0.3, -0.25) is 14.8 Å². The third-order valence-electron chi connectivity index (χ3n) is 2.63. The fourth-order valence-corrected chi connectivity index (χ4v) is 2.16.